The first-order chi connectivity index (χ1) is 8.13. The summed E-state index contributed by atoms with van der Waals surface area (Å²) in [5.74, 6) is -0.647. The van der Waals surface area contributed by atoms with E-state index < -0.39 is 11.6 Å². The van der Waals surface area contributed by atoms with Crippen molar-refractivity contribution in [2.24, 2.45) is 11.7 Å². The summed E-state index contributed by atoms with van der Waals surface area (Å²) in [6, 6.07) is 0.950. The predicted molar refractivity (Wildman–Crippen MR) is 62.7 cm³/mol. The Morgan fingerprint density at radius 3 is 2.94 bits per heavy atom. The van der Waals surface area contributed by atoms with Gasteiger partial charge in [0.25, 0.3) is 0 Å². The van der Waals surface area contributed by atoms with Gasteiger partial charge in [0.2, 0.25) is 0 Å². The second-order valence-corrected chi connectivity index (χ2v) is 4.57. The Kier molecular flexibility index (Phi) is 3.57. The minimum Gasteiger partial charge on any atom is -0.350 e. The molecule has 94 valence electrons. The molecule has 2 unspecified atom stereocenters. The fraction of sp³-hybridized carbons (Fsp3) is 0.583. The zero-order valence-electron chi connectivity index (χ0n) is 9.87. The normalized spacial score (nSPS) is 25.1. The molecule has 1 aromatic rings. The number of hydrogen-bond donors (Lipinski definition) is 1. The largest absolute Gasteiger partial charge is 0.350 e. The number of piperidine rings is 1. The van der Waals surface area contributed by atoms with E-state index in [1.807, 2.05) is 4.90 Å². The Bertz CT molecular complexity index is 397. The van der Waals surface area contributed by atoms with Gasteiger partial charge >= 0.3 is 0 Å². The van der Waals surface area contributed by atoms with E-state index in [1.54, 1.807) is 0 Å². The third kappa shape index (κ3) is 2.39. The van der Waals surface area contributed by atoms with Gasteiger partial charge in [-0.3, -0.25) is 0 Å². The SMILES string of the molecule is CC1CCCN(c2ncc(F)cc2F)C1CN. The topological polar surface area (TPSA) is 42.2 Å². The molecule has 1 saturated heterocycles. The molecule has 5 heteroatoms. The lowest BCUT2D eigenvalue weighted by atomic mass is 9.91. The van der Waals surface area contributed by atoms with Crippen molar-refractivity contribution in [3.63, 3.8) is 0 Å². The highest BCUT2D eigenvalue weighted by atomic mass is 19.1. The third-order valence-corrected chi connectivity index (χ3v) is 3.42. The van der Waals surface area contributed by atoms with E-state index in [1.165, 1.54) is 0 Å². The van der Waals surface area contributed by atoms with Crippen molar-refractivity contribution >= 4 is 5.82 Å². The number of aromatic nitrogens is 1. The molecular formula is C12H17F2N3. The van der Waals surface area contributed by atoms with E-state index in [0.717, 1.165) is 31.6 Å². The van der Waals surface area contributed by atoms with Crippen LogP contribution in [0.25, 0.3) is 0 Å². The maximum atomic E-state index is 13.7. The lowest BCUT2D eigenvalue weighted by Crippen LogP contribution is -2.49. The second kappa shape index (κ2) is 4.96. The molecule has 2 atom stereocenters. The van der Waals surface area contributed by atoms with E-state index in [4.69, 9.17) is 5.73 Å². The van der Waals surface area contributed by atoms with E-state index in [0.29, 0.717) is 12.5 Å². The van der Waals surface area contributed by atoms with Crippen molar-refractivity contribution in [2.45, 2.75) is 25.8 Å². The van der Waals surface area contributed by atoms with Gasteiger partial charge in [-0.15, -0.1) is 0 Å². The summed E-state index contributed by atoms with van der Waals surface area (Å²) in [5, 5.41) is 0. The standard InChI is InChI=1S/C12H17F2N3/c1-8-3-2-4-17(11(8)6-15)12-10(14)5-9(13)7-16-12/h5,7-8,11H,2-4,6,15H2,1H3. The van der Waals surface area contributed by atoms with Gasteiger partial charge in [0.05, 0.1) is 6.20 Å². The average molecular weight is 241 g/mol. The summed E-state index contributed by atoms with van der Waals surface area (Å²) in [6.45, 7) is 3.28. The molecule has 1 fully saturated rings. The Labute approximate surface area is 99.6 Å². The average Bonchev–Trinajstić information content (AvgIpc) is 2.29. The monoisotopic (exact) mass is 241 g/mol. The van der Waals surface area contributed by atoms with Crippen LogP contribution in [0.4, 0.5) is 14.6 Å². The smallest absolute Gasteiger partial charge is 0.168 e. The quantitative estimate of drug-likeness (QED) is 0.860. The highest BCUT2D eigenvalue weighted by Gasteiger charge is 2.29. The summed E-state index contributed by atoms with van der Waals surface area (Å²) in [5.41, 5.74) is 5.74. The van der Waals surface area contributed by atoms with Gasteiger partial charge in [0.1, 0.15) is 5.82 Å². The van der Waals surface area contributed by atoms with Gasteiger partial charge in [-0.25, -0.2) is 13.8 Å². The molecule has 2 N–H and O–H groups in total. The number of nitrogens with two attached hydrogens (primary N) is 1. The lowest BCUT2D eigenvalue weighted by molar-refractivity contribution is 0.344. The highest BCUT2D eigenvalue weighted by molar-refractivity contribution is 5.42. The van der Waals surface area contributed by atoms with Crippen LogP contribution in [0.3, 0.4) is 0 Å². The molecule has 0 bridgehead atoms. The first kappa shape index (κ1) is 12.2. The van der Waals surface area contributed by atoms with Crippen molar-refractivity contribution in [3.05, 3.63) is 23.9 Å². The number of pyridine rings is 1. The molecule has 1 aliphatic heterocycles. The minimum atomic E-state index is -0.652. The summed E-state index contributed by atoms with van der Waals surface area (Å²) in [6.07, 6.45) is 3.11. The Morgan fingerprint density at radius 2 is 2.29 bits per heavy atom. The molecule has 3 nitrogen and oxygen atoms in total. The van der Waals surface area contributed by atoms with Crippen LogP contribution in [0.5, 0.6) is 0 Å². The fourth-order valence-corrected chi connectivity index (χ4v) is 2.49. The van der Waals surface area contributed by atoms with Gasteiger partial charge in [-0.2, -0.15) is 0 Å². The van der Waals surface area contributed by atoms with Crippen LogP contribution in [-0.4, -0.2) is 24.1 Å². The number of anilines is 1. The zero-order chi connectivity index (χ0) is 12.4. The van der Waals surface area contributed by atoms with Crippen LogP contribution in [0.1, 0.15) is 19.8 Å². The van der Waals surface area contributed by atoms with E-state index >= 15 is 0 Å². The van der Waals surface area contributed by atoms with Crippen LogP contribution in [0.2, 0.25) is 0 Å². The lowest BCUT2D eigenvalue weighted by Gasteiger charge is -2.40. The minimum absolute atomic E-state index is 0.0798. The first-order valence-electron chi connectivity index (χ1n) is 5.91. The fourth-order valence-electron chi connectivity index (χ4n) is 2.49. The molecule has 2 heterocycles. The molecule has 0 amide bonds. The molecule has 2 rings (SSSR count). The number of hydrogen-bond acceptors (Lipinski definition) is 3. The van der Waals surface area contributed by atoms with E-state index in [-0.39, 0.29) is 11.9 Å². The summed E-state index contributed by atoms with van der Waals surface area (Å²) in [7, 11) is 0. The molecule has 0 aromatic carbocycles. The summed E-state index contributed by atoms with van der Waals surface area (Å²) >= 11 is 0. The summed E-state index contributed by atoms with van der Waals surface area (Å²) in [4.78, 5) is 5.72. The van der Waals surface area contributed by atoms with Gasteiger partial charge < -0.3 is 10.6 Å². The number of nitrogens with zero attached hydrogens (tertiary/aromatic N) is 2. The van der Waals surface area contributed by atoms with Gasteiger partial charge in [-0.1, -0.05) is 6.92 Å². The number of halogens is 2. The molecular weight excluding hydrogens is 224 g/mol. The van der Waals surface area contributed by atoms with Crippen LogP contribution in [-0.2, 0) is 0 Å². The van der Waals surface area contributed by atoms with Crippen LogP contribution >= 0.6 is 0 Å². The van der Waals surface area contributed by atoms with Crippen molar-refractivity contribution in [3.8, 4) is 0 Å². The maximum absolute atomic E-state index is 13.7. The Balaban J connectivity index is 2.30. The van der Waals surface area contributed by atoms with Crippen molar-refractivity contribution in [1.29, 1.82) is 0 Å². The molecule has 0 radical (unpaired) electrons. The van der Waals surface area contributed by atoms with E-state index in [2.05, 4.69) is 11.9 Å². The van der Waals surface area contributed by atoms with Crippen molar-refractivity contribution in [1.82, 2.24) is 4.98 Å². The zero-order valence-corrected chi connectivity index (χ0v) is 9.87. The Hall–Kier alpha value is -1.23. The predicted octanol–water partition coefficient (Wildman–Crippen LogP) is 1.92. The maximum Gasteiger partial charge on any atom is 0.168 e. The first-order valence-corrected chi connectivity index (χ1v) is 5.91. The molecule has 0 aliphatic carbocycles. The van der Waals surface area contributed by atoms with Gasteiger partial charge in [-0.05, 0) is 18.8 Å². The van der Waals surface area contributed by atoms with E-state index in [9.17, 15) is 8.78 Å². The van der Waals surface area contributed by atoms with Crippen molar-refractivity contribution in [2.75, 3.05) is 18.0 Å². The van der Waals surface area contributed by atoms with Crippen LogP contribution in [0, 0.1) is 17.6 Å². The van der Waals surface area contributed by atoms with Crippen LogP contribution in [0.15, 0.2) is 12.3 Å². The van der Waals surface area contributed by atoms with Gasteiger partial charge in [0.15, 0.2) is 11.6 Å². The molecule has 0 saturated carbocycles. The molecule has 17 heavy (non-hydrogen) atoms. The van der Waals surface area contributed by atoms with Crippen LogP contribution < -0.4 is 10.6 Å². The molecule has 1 aromatic heterocycles. The molecule has 0 spiro atoms. The van der Waals surface area contributed by atoms with Gasteiger partial charge in [0, 0.05) is 25.2 Å². The summed E-state index contributed by atoms with van der Waals surface area (Å²) < 4.78 is 26.5. The highest BCUT2D eigenvalue weighted by Crippen LogP contribution is 2.28. The third-order valence-electron chi connectivity index (χ3n) is 3.42. The molecule has 1 aliphatic rings. The van der Waals surface area contributed by atoms with Crippen molar-refractivity contribution < 1.29 is 8.78 Å². The number of rotatable bonds is 2. The Morgan fingerprint density at radius 1 is 1.53 bits per heavy atom. The second-order valence-electron chi connectivity index (χ2n) is 4.57.